The second kappa shape index (κ2) is 4.53. The van der Waals surface area contributed by atoms with Gasteiger partial charge in [0.05, 0.1) is 24.6 Å². The molecule has 1 heterocycles. The van der Waals surface area contributed by atoms with Crippen LogP contribution < -0.4 is 0 Å². The molecule has 0 unspecified atom stereocenters. The lowest BCUT2D eigenvalue weighted by molar-refractivity contribution is 0.0507. The number of nitrogens with zero attached hydrogens (tertiary/aromatic N) is 4. The summed E-state index contributed by atoms with van der Waals surface area (Å²) >= 11 is 0. The SMILES string of the molecule is CC(C)(O)Cn1nnc(CC#N)c1C(F)F. The highest BCUT2D eigenvalue weighted by atomic mass is 19.3. The van der Waals surface area contributed by atoms with Crippen LogP contribution in [-0.2, 0) is 13.0 Å². The largest absolute Gasteiger partial charge is 0.389 e. The Hall–Kier alpha value is -1.55. The molecule has 88 valence electrons. The molecule has 0 fully saturated rings. The average Bonchev–Trinajstić information content (AvgIpc) is 2.45. The minimum absolute atomic E-state index is 0.0400. The summed E-state index contributed by atoms with van der Waals surface area (Å²) in [6.07, 6.45) is -2.98. The van der Waals surface area contributed by atoms with E-state index in [0.717, 1.165) is 4.68 Å². The lowest BCUT2D eigenvalue weighted by Gasteiger charge is -2.17. The van der Waals surface area contributed by atoms with Crippen molar-refractivity contribution in [3.8, 4) is 6.07 Å². The van der Waals surface area contributed by atoms with Crippen LogP contribution in [0.25, 0.3) is 0 Å². The van der Waals surface area contributed by atoms with Crippen LogP contribution in [0.2, 0.25) is 0 Å². The zero-order valence-corrected chi connectivity index (χ0v) is 8.98. The van der Waals surface area contributed by atoms with Gasteiger partial charge in [-0.3, -0.25) is 0 Å². The fraction of sp³-hybridized carbons (Fsp3) is 0.667. The van der Waals surface area contributed by atoms with Crippen molar-refractivity contribution in [2.24, 2.45) is 0 Å². The maximum absolute atomic E-state index is 12.7. The van der Waals surface area contributed by atoms with Crippen LogP contribution in [0.3, 0.4) is 0 Å². The Morgan fingerprint density at radius 2 is 2.19 bits per heavy atom. The normalized spacial score (nSPS) is 11.8. The maximum Gasteiger partial charge on any atom is 0.281 e. The second-order valence-electron chi connectivity index (χ2n) is 4.03. The van der Waals surface area contributed by atoms with E-state index in [1.54, 1.807) is 6.07 Å². The van der Waals surface area contributed by atoms with Crippen LogP contribution in [0.4, 0.5) is 8.78 Å². The van der Waals surface area contributed by atoms with Gasteiger partial charge in [-0.2, -0.15) is 5.26 Å². The molecule has 1 aromatic rings. The number of aromatic nitrogens is 3. The zero-order valence-electron chi connectivity index (χ0n) is 8.98. The van der Waals surface area contributed by atoms with E-state index in [4.69, 9.17) is 5.26 Å². The zero-order chi connectivity index (χ0) is 12.3. The Bertz CT molecular complexity index is 403. The van der Waals surface area contributed by atoms with E-state index in [1.807, 2.05) is 0 Å². The molecule has 0 spiro atoms. The van der Waals surface area contributed by atoms with Crippen molar-refractivity contribution in [2.75, 3.05) is 0 Å². The Kier molecular flexibility index (Phi) is 3.55. The third-order valence-electron chi connectivity index (χ3n) is 1.84. The van der Waals surface area contributed by atoms with Crippen LogP contribution in [0.15, 0.2) is 0 Å². The molecule has 5 nitrogen and oxygen atoms in total. The van der Waals surface area contributed by atoms with Crippen molar-refractivity contribution in [1.29, 1.82) is 5.26 Å². The molecule has 0 saturated carbocycles. The first-order valence-electron chi connectivity index (χ1n) is 4.65. The molecule has 1 rings (SSSR count). The minimum Gasteiger partial charge on any atom is -0.389 e. The summed E-state index contributed by atoms with van der Waals surface area (Å²) in [5.74, 6) is 0. The summed E-state index contributed by atoms with van der Waals surface area (Å²) in [6, 6.07) is 1.74. The smallest absolute Gasteiger partial charge is 0.281 e. The van der Waals surface area contributed by atoms with E-state index in [0.29, 0.717) is 0 Å². The maximum atomic E-state index is 12.7. The minimum atomic E-state index is -2.76. The summed E-state index contributed by atoms with van der Waals surface area (Å²) in [7, 11) is 0. The molecule has 0 aliphatic rings. The van der Waals surface area contributed by atoms with Gasteiger partial charge in [0, 0.05) is 0 Å². The molecule has 0 saturated heterocycles. The van der Waals surface area contributed by atoms with Crippen LogP contribution in [-0.4, -0.2) is 25.7 Å². The first-order chi connectivity index (χ1) is 7.35. The highest BCUT2D eigenvalue weighted by Crippen LogP contribution is 2.22. The topological polar surface area (TPSA) is 74.7 Å². The number of hydrogen-bond donors (Lipinski definition) is 1. The van der Waals surface area contributed by atoms with Crippen molar-refractivity contribution < 1.29 is 13.9 Å². The molecule has 0 atom stereocenters. The van der Waals surface area contributed by atoms with Gasteiger partial charge in [-0.25, -0.2) is 13.5 Å². The number of aliphatic hydroxyl groups is 1. The lowest BCUT2D eigenvalue weighted by atomic mass is 10.1. The number of nitriles is 1. The van der Waals surface area contributed by atoms with Crippen molar-refractivity contribution >= 4 is 0 Å². The third-order valence-corrected chi connectivity index (χ3v) is 1.84. The van der Waals surface area contributed by atoms with Gasteiger partial charge in [-0.15, -0.1) is 5.10 Å². The average molecular weight is 230 g/mol. The van der Waals surface area contributed by atoms with Gasteiger partial charge in [-0.05, 0) is 13.8 Å². The Morgan fingerprint density at radius 3 is 2.62 bits per heavy atom. The van der Waals surface area contributed by atoms with E-state index in [2.05, 4.69) is 10.3 Å². The molecule has 0 aliphatic heterocycles. The van der Waals surface area contributed by atoms with E-state index in [-0.39, 0.29) is 18.7 Å². The van der Waals surface area contributed by atoms with Crippen LogP contribution in [0, 0.1) is 11.3 Å². The van der Waals surface area contributed by atoms with E-state index < -0.39 is 17.7 Å². The molecule has 0 radical (unpaired) electrons. The number of halogens is 2. The van der Waals surface area contributed by atoms with Crippen LogP contribution in [0.5, 0.6) is 0 Å². The summed E-state index contributed by atoms with van der Waals surface area (Å²) in [6.45, 7) is 2.87. The summed E-state index contributed by atoms with van der Waals surface area (Å²) < 4.78 is 26.4. The van der Waals surface area contributed by atoms with Gasteiger partial charge in [0.1, 0.15) is 11.4 Å². The first kappa shape index (κ1) is 12.5. The van der Waals surface area contributed by atoms with Crippen LogP contribution in [0.1, 0.15) is 31.7 Å². The fourth-order valence-corrected chi connectivity index (χ4v) is 1.28. The fourth-order valence-electron chi connectivity index (χ4n) is 1.28. The van der Waals surface area contributed by atoms with E-state index in [9.17, 15) is 13.9 Å². The van der Waals surface area contributed by atoms with Crippen molar-refractivity contribution in [3.63, 3.8) is 0 Å². The lowest BCUT2D eigenvalue weighted by Crippen LogP contribution is -2.28. The van der Waals surface area contributed by atoms with Crippen molar-refractivity contribution in [3.05, 3.63) is 11.4 Å². The third kappa shape index (κ3) is 2.97. The molecule has 7 heteroatoms. The highest BCUT2D eigenvalue weighted by Gasteiger charge is 2.25. The van der Waals surface area contributed by atoms with Gasteiger partial charge >= 0.3 is 0 Å². The molecule has 1 aromatic heterocycles. The molecule has 1 N–H and O–H groups in total. The summed E-state index contributed by atoms with van der Waals surface area (Å²) in [5, 5.41) is 25.0. The van der Waals surface area contributed by atoms with Gasteiger partial charge in [0.25, 0.3) is 6.43 Å². The standard InChI is InChI=1S/C9H12F2N4O/c1-9(2,16)5-15-7(8(10)11)6(3-4-12)13-14-15/h8,16H,3,5H2,1-2H3. The van der Waals surface area contributed by atoms with Gasteiger partial charge in [-0.1, -0.05) is 5.21 Å². The molecule has 0 aromatic carbocycles. The van der Waals surface area contributed by atoms with Gasteiger partial charge in [0.2, 0.25) is 0 Å². The van der Waals surface area contributed by atoms with Crippen LogP contribution >= 0.6 is 0 Å². The van der Waals surface area contributed by atoms with Gasteiger partial charge < -0.3 is 5.11 Å². The monoisotopic (exact) mass is 230 g/mol. The first-order valence-corrected chi connectivity index (χ1v) is 4.65. The molecule has 0 aliphatic carbocycles. The second-order valence-corrected chi connectivity index (χ2v) is 4.03. The number of alkyl halides is 2. The predicted molar refractivity (Wildman–Crippen MR) is 50.6 cm³/mol. The number of hydrogen-bond acceptors (Lipinski definition) is 4. The molecule has 16 heavy (non-hydrogen) atoms. The van der Waals surface area contributed by atoms with Crippen molar-refractivity contribution in [1.82, 2.24) is 15.0 Å². The Morgan fingerprint density at radius 1 is 1.56 bits per heavy atom. The van der Waals surface area contributed by atoms with Gasteiger partial charge in [0.15, 0.2) is 0 Å². The van der Waals surface area contributed by atoms with Crippen molar-refractivity contribution in [2.45, 2.75) is 38.8 Å². The number of rotatable bonds is 4. The molecular formula is C9H12F2N4O. The van der Waals surface area contributed by atoms with E-state index in [1.165, 1.54) is 13.8 Å². The molecular weight excluding hydrogens is 218 g/mol. The summed E-state index contributed by atoms with van der Waals surface area (Å²) in [4.78, 5) is 0. The quantitative estimate of drug-likeness (QED) is 0.839. The highest BCUT2D eigenvalue weighted by molar-refractivity contribution is 5.15. The molecule has 0 amide bonds. The Balaban J connectivity index is 3.06. The predicted octanol–water partition coefficient (Wildman–Crippen LogP) is 1.05. The molecule has 0 bridgehead atoms. The summed E-state index contributed by atoms with van der Waals surface area (Å²) in [5.41, 5.74) is -1.60. The van der Waals surface area contributed by atoms with E-state index >= 15 is 0 Å². The Labute approximate surface area is 91.3 Å².